The second-order valence-electron chi connectivity index (χ2n) is 4.91. The quantitative estimate of drug-likeness (QED) is 0.610. The van der Waals surface area contributed by atoms with E-state index in [0.717, 1.165) is 23.3 Å². The van der Waals surface area contributed by atoms with Crippen LogP contribution < -0.4 is 9.47 Å². The van der Waals surface area contributed by atoms with Crippen molar-refractivity contribution in [3.8, 4) is 11.5 Å². The Labute approximate surface area is 130 Å². The number of benzene rings is 2. The minimum Gasteiger partial charge on any atom is -0.488 e. The lowest BCUT2D eigenvalue weighted by molar-refractivity contribution is 0.120. The second-order valence-corrected chi connectivity index (χ2v) is 4.91. The maximum Gasteiger partial charge on any atom is 0.513 e. The van der Waals surface area contributed by atoms with Gasteiger partial charge in [-0.05, 0) is 36.6 Å². The summed E-state index contributed by atoms with van der Waals surface area (Å²) in [6.07, 6.45) is 0.257. The summed E-state index contributed by atoms with van der Waals surface area (Å²) >= 11 is 0. The van der Waals surface area contributed by atoms with E-state index in [9.17, 15) is 4.79 Å². The number of carbonyl (C=O) groups excluding carboxylic acids is 1. The largest absolute Gasteiger partial charge is 0.513 e. The van der Waals surface area contributed by atoms with Gasteiger partial charge in [-0.25, -0.2) is 4.79 Å². The van der Waals surface area contributed by atoms with Crippen LogP contribution in [0.3, 0.4) is 0 Å². The molecule has 0 spiro atoms. The summed E-state index contributed by atoms with van der Waals surface area (Å²) in [6.45, 7) is 4.46. The molecule has 0 atom stereocenters. The minimum absolute atomic E-state index is 0.319. The zero-order chi connectivity index (χ0) is 15.9. The van der Waals surface area contributed by atoms with Crippen molar-refractivity contribution in [2.45, 2.75) is 26.9 Å². The van der Waals surface area contributed by atoms with Crippen molar-refractivity contribution in [1.82, 2.24) is 0 Å². The van der Waals surface area contributed by atoms with Crippen molar-refractivity contribution in [3.05, 3.63) is 59.2 Å². The van der Waals surface area contributed by atoms with Crippen LogP contribution in [0, 0.1) is 6.92 Å². The highest BCUT2D eigenvalue weighted by Gasteiger charge is 2.10. The molecule has 0 saturated heterocycles. The zero-order valence-corrected chi connectivity index (χ0v) is 13.1. The number of methoxy groups -OCH3 is 1. The summed E-state index contributed by atoms with van der Waals surface area (Å²) in [7, 11) is 1.28. The molecule has 4 nitrogen and oxygen atoms in total. The summed E-state index contributed by atoms with van der Waals surface area (Å²) in [6, 6.07) is 13.4. The van der Waals surface area contributed by atoms with Gasteiger partial charge in [-0.1, -0.05) is 37.3 Å². The van der Waals surface area contributed by atoms with Crippen LogP contribution in [0.4, 0.5) is 4.79 Å². The first-order valence-corrected chi connectivity index (χ1v) is 7.20. The van der Waals surface area contributed by atoms with Gasteiger partial charge in [0, 0.05) is 5.56 Å². The number of hydrogen-bond donors (Lipinski definition) is 0. The second kappa shape index (κ2) is 7.50. The summed E-state index contributed by atoms with van der Waals surface area (Å²) in [5.41, 5.74) is 3.15. The number of para-hydroxylation sites is 1. The Kier molecular flexibility index (Phi) is 5.42. The van der Waals surface area contributed by atoms with E-state index in [4.69, 9.17) is 9.47 Å². The molecule has 2 rings (SSSR count). The molecule has 0 aliphatic rings. The van der Waals surface area contributed by atoms with Gasteiger partial charge in [0.05, 0.1) is 7.11 Å². The van der Waals surface area contributed by atoms with Crippen LogP contribution in [0.2, 0.25) is 0 Å². The first-order valence-electron chi connectivity index (χ1n) is 7.20. The van der Waals surface area contributed by atoms with E-state index in [2.05, 4.69) is 23.8 Å². The first kappa shape index (κ1) is 15.9. The van der Waals surface area contributed by atoms with E-state index in [1.807, 2.05) is 25.1 Å². The third-order valence-electron chi connectivity index (χ3n) is 3.36. The fourth-order valence-corrected chi connectivity index (χ4v) is 2.10. The van der Waals surface area contributed by atoms with Crippen LogP contribution >= 0.6 is 0 Å². The molecule has 116 valence electrons. The molecule has 0 aliphatic heterocycles. The average Bonchev–Trinajstić information content (AvgIpc) is 2.54. The monoisotopic (exact) mass is 300 g/mol. The van der Waals surface area contributed by atoms with Gasteiger partial charge in [-0.2, -0.15) is 0 Å². The highest BCUT2D eigenvalue weighted by molar-refractivity contribution is 5.64. The molecule has 0 bridgehead atoms. The Morgan fingerprint density at radius 3 is 2.55 bits per heavy atom. The van der Waals surface area contributed by atoms with Gasteiger partial charge in [0.25, 0.3) is 0 Å². The number of hydrogen-bond acceptors (Lipinski definition) is 4. The molecule has 0 N–H and O–H groups in total. The molecule has 0 unspecified atom stereocenters. The van der Waals surface area contributed by atoms with Gasteiger partial charge in [0.2, 0.25) is 0 Å². The zero-order valence-electron chi connectivity index (χ0n) is 13.1. The van der Waals surface area contributed by atoms with Crippen LogP contribution in [-0.4, -0.2) is 13.3 Å². The van der Waals surface area contributed by atoms with Crippen LogP contribution in [0.1, 0.15) is 23.6 Å². The third kappa shape index (κ3) is 4.01. The molecule has 0 heterocycles. The third-order valence-corrected chi connectivity index (χ3v) is 3.36. The van der Waals surface area contributed by atoms with E-state index in [1.54, 1.807) is 12.1 Å². The lowest BCUT2D eigenvalue weighted by Gasteiger charge is -2.12. The van der Waals surface area contributed by atoms with Gasteiger partial charge in [-0.15, -0.1) is 0 Å². The van der Waals surface area contributed by atoms with Gasteiger partial charge in [0.1, 0.15) is 18.1 Å². The Morgan fingerprint density at radius 2 is 1.86 bits per heavy atom. The fraction of sp³-hybridized carbons (Fsp3) is 0.278. The lowest BCUT2D eigenvalue weighted by atomic mass is 10.1. The van der Waals surface area contributed by atoms with Gasteiger partial charge in [0.15, 0.2) is 0 Å². The summed E-state index contributed by atoms with van der Waals surface area (Å²) in [4.78, 5) is 11.2. The van der Waals surface area contributed by atoms with Crippen LogP contribution in [0.15, 0.2) is 42.5 Å². The topological polar surface area (TPSA) is 44.8 Å². The Bertz CT molecular complexity index is 649. The molecule has 0 amide bonds. The van der Waals surface area contributed by atoms with Crippen molar-refractivity contribution in [3.63, 3.8) is 0 Å². The predicted molar refractivity (Wildman–Crippen MR) is 84.4 cm³/mol. The molecule has 2 aromatic carbocycles. The maximum atomic E-state index is 11.2. The molecule has 0 fully saturated rings. The van der Waals surface area contributed by atoms with Crippen LogP contribution in [0.25, 0.3) is 0 Å². The Balaban J connectivity index is 2.10. The SMILES string of the molecule is CCc1ccc(OCc2ccccc2OC(=O)OC)c(C)c1. The van der Waals surface area contributed by atoms with E-state index < -0.39 is 6.16 Å². The van der Waals surface area contributed by atoms with Crippen molar-refractivity contribution in [2.24, 2.45) is 0 Å². The van der Waals surface area contributed by atoms with Crippen LogP contribution in [-0.2, 0) is 17.8 Å². The fourth-order valence-electron chi connectivity index (χ4n) is 2.10. The molecule has 0 saturated carbocycles. The standard InChI is InChI=1S/C18H20O4/c1-4-14-9-10-16(13(2)11-14)21-12-15-7-5-6-8-17(15)22-18(19)20-3/h5-11H,4,12H2,1-3H3. The molecule has 2 aromatic rings. The smallest absolute Gasteiger partial charge is 0.488 e. The highest BCUT2D eigenvalue weighted by atomic mass is 16.7. The van der Waals surface area contributed by atoms with E-state index in [1.165, 1.54) is 12.7 Å². The number of aryl methyl sites for hydroxylation is 2. The average molecular weight is 300 g/mol. The summed E-state index contributed by atoms with van der Waals surface area (Å²) in [5.74, 6) is 1.27. The Morgan fingerprint density at radius 1 is 1.09 bits per heavy atom. The minimum atomic E-state index is -0.740. The number of rotatable bonds is 5. The van der Waals surface area contributed by atoms with Crippen molar-refractivity contribution in [1.29, 1.82) is 0 Å². The molecule has 0 radical (unpaired) electrons. The normalized spacial score (nSPS) is 10.1. The Hall–Kier alpha value is -2.49. The molecule has 4 heteroatoms. The maximum absolute atomic E-state index is 11.2. The van der Waals surface area contributed by atoms with E-state index >= 15 is 0 Å². The van der Waals surface area contributed by atoms with Crippen molar-refractivity contribution >= 4 is 6.16 Å². The predicted octanol–water partition coefficient (Wildman–Crippen LogP) is 4.28. The van der Waals surface area contributed by atoms with E-state index in [-0.39, 0.29) is 0 Å². The van der Waals surface area contributed by atoms with Gasteiger partial charge in [-0.3, -0.25) is 0 Å². The van der Waals surface area contributed by atoms with Gasteiger partial charge >= 0.3 is 6.16 Å². The highest BCUT2D eigenvalue weighted by Crippen LogP contribution is 2.24. The molecular weight excluding hydrogens is 280 g/mol. The van der Waals surface area contributed by atoms with Gasteiger partial charge < -0.3 is 14.2 Å². The molecule has 0 aromatic heterocycles. The van der Waals surface area contributed by atoms with Crippen LogP contribution in [0.5, 0.6) is 11.5 Å². The lowest BCUT2D eigenvalue weighted by Crippen LogP contribution is -2.09. The summed E-state index contributed by atoms with van der Waals surface area (Å²) < 4.78 is 15.5. The molecule has 22 heavy (non-hydrogen) atoms. The van der Waals surface area contributed by atoms with Crippen molar-refractivity contribution < 1.29 is 19.0 Å². The summed E-state index contributed by atoms with van der Waals surface area (Å²) in [5, 5.41) is 0. The van der Waals surface area contributed by atoms with E-state index in [0.29, 0.717) is 12.4 Å². The van der Waals surface area contributed by atoms with Crippen molar-refractivity contribution in [2.75, 3.05) is 7.11 Å². The first-order chi connectivity index (χ1) is 10.6. The number of ether oxygens (including phenoxy) is 3. The molecular formula is C18H20O4. The number of carbonyl (C=O) groups is 1. The molecule has 0 aliphatic carbocycles.